The van der Waals surface area contributed by atoms with Crippen LogP contribution in [0.1, 0.15) is 22.9 Å². The van der Waals surface area contributed by atoms with Crippen molar-refractivity contribution in [2.45, 2.75) is 6.17 Å². The second-order valence-corrected chi connectivity index (χ2v) is 15.8. The number of hydrogen-bond donors (Lipinski definition) is 1. The lowest BCUT2D eigenvalue weighted by Gasteiger charge is -2.25. The van der Waals surface area contributed by atoms with Gasteiger partial charge >= 0.3 is 0 Å². The topological polar surface area (TPSA) is 54.8 Å². The summed E-state index contributed by atoms with van der Waals surface area (Å²) in [4.78, 5) is 10.9. The fraction of sp³-hybridized carbons (Fsp3) is 0.0182. The molecule has 1 unspecified atom stereocenters. The predicted molar refractivity (Wildman–Crippen MR) is 250 cm³/mol. The molecule has 5 nitrogen and oxygen atoms in total. The van der Waals surface area contributed by atoms with Gasteiger partial charge in [0.2, 0.25) is 0 Å². The fourth-order valence-electron chi connectivity index (χ4n) is 9.45. The number of hydrogen-bond acceptors (Lipinski definition) is 4. The van der Waals surface area contributed by atoms with Gasteiger partial charge in [-0.1, -0.05) is 146 Å². The van der Waals surface area contributed by atoms with Crippen molar-refractivity contribution in [2.24, 2.45) is 9.98 Å². The van der Waals surface area contributed by atoms with E-state index in [1.807, 2.05) is 6.07 Å². The Morgan fingerprint density at radius 2 is 1.03 bits per heavy atom. The van der Waals surface area contributed by atoms with E-state index in [2.05, 4.69) is 198 Å². The van der Waals surface area contributed by atoms with Crippen LogP contribution in [0.15, 0.2) is 209 Å². The SMILES string of the molecule is c1ccc2cc(C3N=C(c4cc(-n5c6cc7ccccc7cc6c6cc7ccccc7cc65)c5oc6ccccc6c5c4)N=C(c4cccc5ccccc45)N3)ccc2c1. The van der Waals surface area contributed by atoms with Crippen molar-refractivity contribution in [1.29, 1.82) is 0 Å². The molecular weight excluding hydrogens is 733 g/mol. The standard InChI is InChI=1S/C55H34N4O/c1-2-14-35-26-40(25-24-33(35)12-1)53-56-54(58-55(57-53)44-22-11-19-34-13-7-8-20-42(34)44)41-29-47-43-21-9-10-23-51(43)60-52(47)50(32-41)59-48-30-38-17-5-3-15-36(38)27-45(48)46-28-37-16-4-6-18-39(37)31-49(46)59/h1-32,53H,(H,56,57,58). The third-order valence-corrected chi connectivity index (χ3v) is 12.3. The Balaban J connectivity index is 1.12. The molecule has 3 heterocycles. The summed E-state index contributed by atoms with van der Waals surface area (Å²) < 4.78 is 9.28. The van der Waals surface area contributed by atoms with Gasteiger partial charge in [0.15, 0.2) is 11.4 Å². The minimum atomic E-state index is -0.387. The Morgan fingerprint density at radius 3 is 1.75 bits per heavy atom. The quantitative estimate of drug-likeness (QED) is 0.194. The van der Waals surface area contributed by atoms with Crippen molar-refractivity contribution in [1.82, 2.24) is 9.88 Å². The van der Waals surface area contributed by atoms with Gasteiger partial charge in [0, 0.05) is 32.7 Å². The molecule has 1 N–H and O–H groups in total. The highest BCUT2D eigenvalue weighted by Gasteiger charge is 2.26. The number of rotatable bonds is 4. The maximum Gasteiger partial charge on any atom is 0.159 e. The summed E-state index contributed by atoms with van der Waals surface area (Å²) in [5.41, 5.74) is 7.82. The Morgan fingerprint density at radius 1 is 0.450 bits per heavy atom. The van der Waals surface area contributed by atoms with Crippen molar-refractivity contribution < 1.29 is 4.42 Å². The van der Waals surface area contributed by atoms with Gasteiger partial charge in [-0.25, -0.2) is 9.98 Å². The van der Waals surface area contributed by atoms with E-state index in [1.54, 1.807) is 0 Å². The van der Waals surface area contributed by atoms with E-state index >= 15 is 0 Å². The number of amidine groups is 2. The van der Waals surface area contributed by atoms with E-state index < -0.39 is 0 Å². The third-order valence-electron chi connectivity index (χ3n) is 12.3. The summed E-state index contributed by atoms with van der Waals surface area (Å²) >= 11 is 0. The average molecular weight is 767 g/mol. The fourth-order valence-corrected chi connectivity index (χ4v) is 9.45. The zero-order chi connectivity index (χ0) is 39.3. The van der Waals surface area contributed by atoms with Gasteiger partial charge < -0.3 is 14.3 Å². The first kappa shape index (κ1) is 33.0. The van der Waals surface area contributed by atoms with Gasteiger partial charge in [-0.05, 0) is 97.2 Å². The van der Waals surface area contributed by atoms with Crippen molar-refractivity contribution >= 4 is 98.5 Å². The first-order valence-electron chi connectivity index (χ1n) is 20.4. The first-order chi connectivity index (χ1) is 29.7. The second kappa shape index (κ2) is 12.7. The molecule has 10 aromatic carbocycles. The number of aliphatic imine (C=N–C) groups is 2. The highest BCUT2D eigenvalue weighted by atomic mass is 16.3. The zero-order valence-corrected chi connectivity index (χ0v) is 32.3. The van der Waals surface area contributed by atoms with E-state index in [0.717, 1.165) is 72.0 Å². The van der Waals surface area contributed by atoms with Gasteiger partial charge in [-0.15, -0.1) is 0 Å². The van der Waals surface area contributed by atoms with Gasteiger partial charge in [-0.3, -0.25) is 0 Å². The molecule has 0 saturated heterocycles. The number of fused-ring (bicyclic) bond motifs is 10. The number of benzene rings is 10. The van der Waals surface area contributed by atoms with E-state index in [0.29, 0.717) is 5.84 Å². The molecule has 1 aliphatic rings. The van der Waals surface area contributed by atoms with E-state index in [9.17, 15) is 0 Å². The van der Waals surface area contributed by atoms with Crippen molar-refractivity contribution in [3.63, 3.8) is 0 Å². The molecule has 1 aliphatic heterocycles. The van der Waals surface area contributed by atoms with Crippen LogP contribution in [-0.4, -0.2) is 16.2 Å². The second-order valence-electron chi connectivity index (χ2n) is 15.8. The summed E-state index contributed by atoms with van der Waals surface area (Å²) in [7, 11) is 0. The zero-order valence-electron chi connectivity index (χ0n) is 32.3. The molecule has 0 aliphatic carbocycles. The molecule has 1 atom stereocenters. The highest BCUT2D eigenvalue weighted by molar-refractivity contribution is 6.21. The summed E-state index contributed by atoms with van der Waals surface area (Å²) in [5, 5.41) is 17.6. The van der Waals surface area contributed by atoms with Crippen molar-refractivity contribution in [2.75, 3.05) is 0 Å². The summed E-state index contributed by atoms with van der Waals surface area (Å²) in [6, 6.07) is 69.3. The summed E-state index contributed by atoms with van der Waals surface area (Å²) in [6.45, 7) is 0. The molecule has 0 amide bonds. The van der Waals surface area contributed by atoms with Crippen LogP contribution in [0, 0.1) is 0 Å². The summed E-state index contributed by atoms with van der Waals surface area (Å²) in [6.07, 6.45) is -0.387. The summed E-state index contributed by atoms with van der Waals surface area (Å²) in [5.74, 6) is 1.43. The molecule has 60 heavy (non-hydrogen) atoms. The van der Waals surface area contributed by atoms with Crippen LogP contribution in [0.25, 0.3) is 92.5 Å². The van der Waals surface area contributed by atoms with Crippen LogP contribution < -0.4 is 5.32 Å². The van der Waals surface area contributed by atoms with Crippen LogP contribution in [0.4, 0.5) is 0 Å². The molecular formula is C55H34N4O. The Hall–Kier alpha value is -8.02. The number of nitrogens with one attached hydrogen (secondary N) is 1. The normalized spacial score (nSPS) is 14.5. The maximum absolute atomic E-state index is 6.88. The van der Waals surface area contributed by atoms with Crippen molar-refractivity contribution in [3.05, 3.63) is 211 Å². The smallest absolute Gasteiger partial charge is 0.159 e. The molecule has 12 aromatic rings. The average Bonchev–Trinajstić information content (AvgIpc) is 3.84. The molecule has 0 fully saturated rings. The van der Waals surface area contributed by atoms with Crippen LogP contribution in [0.3, 0.4) is 0 Å². The lowest BCUT2D eigenvalue weighted by atomic mass is 10.0. The monoisotopic (exact) mass is 766 g/mol. The number of nitrogens with zero attached hydrogens (tertiary/aromatic N) is 3. The van der Waals surface area contributed by atoms with Gasteiger partial charge in [0.1, 0.15) is 17.6 Å². The van der Waals surface area contributed by atoms with E-state index in [4.69, 9.17) is 14.4 Å². The molecule has 13 rings (SSSR count). The van der Waals surface area contributed by atoms with Gasteiger partial charge in [-0.2, -0.15) is 0 Å². The number of aromatic nitrogens is 1. The molecule has 0 spiro atoms. The van der Waals surface area contributed by atoms with Gasteiger partial charge in [0.25, 0.3) is 0 Å². The van der Waals surface area contributed by atoms with Crippen molar-refractivity contribution in [3.8, 4) is 5.69 Å². The number of para-hydroxylation sites is 1. The molecule has 5 heteroatoms. The predicted octanol–water partition coefficient (Wildman–Crippen LogP) is 13.8. The largest absolute Gasteiger partial charge is 0.454 e. The molecule has 0 bridgehead atoms. The van der Waals surface area contributed by atoms with Crippen LogP contribution in [0.5, 0.6) is 0 Å². The highest BCUT2D eigenvalue weighted by Crippen LogP contribution is 2.42. The molecule has 280 valence electrons. The minimum absolute atomic E-state index is 0.387. The minimum Gasteiger partial charge on any atom is -0.454 e. The molecule has 0 saturated carbocycles. The van der Waals surface area contributed by atoms with E-state index in [1.165, 1.54) is 43.1 Å². The van der Waals surface area contributed by atoms with Crippen LogP contribution >= 0.6 is 0 Å². The van der Waals surface area contributed by atoms with E-state index in [-0.39, 0.29) is 6.17 Å². The Bertz CT molecular complexity index is 3730. The Kier molecular flexibility index (Phi) is 7.01. The third kappa shape index (κ3) is 5.06. The van der Waals surface area contributed by atoms with Crippen LogP contribution in [0.2, 0.25) is 0 Å². The first-order valence-corrected chi connectivity index (χ1v) is 20.4. The van der Waals surface area contributed by atoms with Crippen LogP contribution in [-0.2, 0) is 0 Å². The molecule has 0 radical (unpaired) electrons. The lowest BCUT2D eigenvalue weighted by Crippen LogP contribution is -2.33. The Labute approximate surface area is 344 Å². The lowest BCUT2D eigenvalue weighted by molar-refractivity contribution is 0.666. The van der Waals surface area contributed by atoms with Gasteiger partial charge in [0.05, 0.1) is 16.7 Å². The maximum atomic E-state index is 6.88. The number of furan rings is 1. The molecule has 2 aromatic heterocycles.